The number of hydrogen-bond acceptors (Lipinski definition) is 2. The Morgan fingerprint density at radius 3 is 2.58 bits per heavy atom. The highest BCUT2D eigenvalue weighted by Gasteiger charge is 2.31. The third-order valence-corrected chi connectivity index (χ3v) is 3.96. The SMILES string of the molecule is Cc1ccc(C(NCc2ccnn2C)C2CC2)cc1. The first-order valence-electron chi connectivity index (χ1n) is 7.01. The standard InChI is InChI=1S/C16H21N3/c1-12-3-5-13(6-4-12)16(14-7-8-14)17-11-15-9-10-18-19(15)2/h3-6,9-10,14,16-17H,7-8,11H2,1-2H3. The van der Waals surface area contributed by atoms with Crippen molar-refractivity contribution < 1.29 is 0 Å². The third kappa shape index (κ3) is 2.87. The number of benzene rings is 1. The number of rotatable bonds is 5. The van der Waals surface area contributed by atoms with E-state index in [2.05, 4.69) is 47.7 Å². The molecule has 1 aliphatic carbocycles. The molecule has 3 heteroatoms. The summed E-state index contributed by atoms with van der Waals surface area (Å²) >= 11 is 0. The summed E-state index contributed by atoms with van der Waals surface area (Å²) in [6.07, 6.45) is 4.54. The molecule has 1 aromatic carbocycles. The summed E-state index contributed by atoms with van der Waals surface area (Å²) in [5, 5.41) is 7.92. The Labute approximate surface area is 114 Å². The summed E-state index contributed by atoms with van der Waals surface area (Å²) in [6, 6.07) is 11.5. The lowest BCUT2D eigenvalue weighted by molar-refractivity contribution is 0.468. The van der Waals surface area contributed by atoms with Gasteiger partial charge in [-0.3, -0.25) is 4.68 Å². The lowest BCUT2D eigenvalue weighted by Gasteiger charge is -2.19. The molecule has 19 heavy (non-hydrogen) atoms. The van der Waals surface area contributed by atoms with Gasteiger partial charge in [0.25, 0.3) is 0 Å². The second-order valence-electron chi connectivity index (χ2n) is 5.55. The van der Waals surface area contributed by atoms with Gasteiger partial charge in [0.1, 0.15) is 0 Å². The highest BCUT2D eigenvalue weighted by atomic mass is 15.3. The van der Waals surface area contributed by atoms with Crippen LogP contribution in [0.5, 0.6) is 0 Å². The van der Waals surface area contributed by atoms with E-state index in [1.807, 2.05) is 17.9 Å². The van der Waals surface area contributed by atoms with Crippen LogP contribution < -0.4 is 5.32 Å². The Balaban J connectivity index is 1.71. The van der Waals surface area contributed by atoms with Crippen LogP contribution >= 0.6 is 0 Å². The summed E-state index contributed by atoms with van der Waals surface area (Å²) in [4.78, 5) is 0. The molecule has 1 fully saturated rings. The molecular formula is C16H21N3. The van der Waals surface area contributed by atoms with Crippen LogP contribution in [0.3, 0.4) is 0 Å². The molecule has 0 bridgehead atoms. The fourth-order valence-corrected chi connectivity index (χ4v) is 2.55. The number of aromatic nitrogens is 2. The minimum Gasteiger partial charge on any atom is -0.304 e. The fraction of sp³-hybridized carbons (Fsp3) is 0.438. The summed E-state index contributed by atoms with van der Waals surface area (Å²) < 4.78 is 1.94. The molecule has 0 radical (unpaired) electrons. The minimum absolute atomic E-state index is 0.482. The summed E-state index contributed by atoms with van der Waals surface area (Å²) in [6.45, 7) is 3.02. The molecule has 1 aliphatic rings. The molecule has 100 valence electrons. The number of nitrogens with zero attached hydrogens (tertiary/aromatic N) is 2. The normalized spacial score (nSPS) is 16.5. The highest BCUT2D eigenvalue weighted by molar-refractivity contribution is 5.25. The van der Waals surface area contributed by atoms with Crippen LogP contribution in [-0.4, -0.2) is 9.78 Å². The predicted molar refractivity (Wildman–Crippen MR) is 76.7 cm³/mol. The highest BCUT2D eigenvalue weighted by Crippen LogP contribution is 2.41. The van der Waals surface area contributed by atoms with E-state index in [0.29, 0.717) is 6.04 Å². The largest absolute Gasteiger partial charge is 0.304 e. The topological polar surface area (TPSA) is 29.9 Å². The first-order chi connectivity index (χ1) is 9.24. The van der Waals surface area contributed by atoms with E-state index in [0.717, 1.165) is 12.5 Å². The summed E-state index contributed by atoms with van der Waals surface area (Å²) in [5.74, 6) is 0.802. The van der Waals surface area contributed by atoms with E-state index in [9.17, 15) is 0 Å². The molecule has 0 amide bonds. The van der Waals surface area contributed by atoms with Crippen molar-refractivity contribution >= 4 is 0 Å². The summed E-state index contributed by atoms with van der Waals surface area (Å²) in [7, 11) is 2.00. The lowest BCUT2D eigenvalue weighted by atomic mass is 10.0. The zero-order valence-corrected chi connectivity index (χ0v) is 11.6. The maximum atomic E-state index is 4.22. The van der Waals surface area contributed by atoms with Crippen molar-refractivity contribution in [3.63, 3.8) is 0 Å². The van der Waals surface area contributed by atoms with Crippen molar-refractivity contribution in [3.8, 4) is 0 Å². The fourth-order valence-electron chi connectivity index (χ4n) is 2.55. The van der Waals surface area contributed by atoms with Crippen LogP contribution in [0.15, 0.2) is 36.5 Å². The van der Waals surface area contributed by atoms with Crippen LogP contribution in [-0.2, 0) is 13.6 Å². The van der Waals surface area contributed by atoms with Gasteiger partial charge < -0.3 is 5.32 Å². The molecule has 3 rings (SSSR count). The van der Waals surface area contributed by atoms with E-state index in [4.69, 9.17) is 0 Å². The van der Waals surface area contributed by atoms with Gasteiger partial charge in [-0.05, 0) is 37.3 Å². The predicted octanol–water partition coefficient (Wildman–Crippen LogP) is 2.97. The zero-order chi connectivity index (χ0) is 13.2. The maximum absolute atomic E-state index is 4.22. The van der Waals surface area contributed by atoms with Crippen molar-refractivity contribution in [2.75, 3.05) is 0 Å². The Morgan fingerprint density at radius 2 is 2.00 bits per heavy atom. The van der Waals surface area contributed by atoms with E-state index in [-0.39, 0.29) is 0 Å². The average molecular weight is 255 g/mol. The van der Waals surface area contributed by atoms with Crippen molar-refractivity contribution in [3.05, 3.63) is 53.3 Å². The molecule has 1 aromatic heterocycles. The third-order valence-electron chi connectivity index (χ3n) is 3.96. The smallest absolute Gasteiger partial charge is 0.0518 e. The molecule has 2 aromatic rings. The monoisotopic (exact) mass is 255 g/mol. The molecule has 1 saturated carbocycles. The van der Waals surface area contributed by atoms with E-state index in [1.54, 1.807) is 0 Å². The van der Waals surface area contributed by atoms with Gasteiger partial charge in [0, 0.05) is 25.8 Å². The van der Waals surface area contributed by atoms with Gasteiger partial charge >= 0.3 is 0 Å². The molecule has 0 spiro atoms. The van der Waals surface area contributed by atoms with E-state index < -0.39 is 0 Å². The Kier molecular flexibility index (Phi) is 3.38. The lowest BCUT2D eigenvalue weighted by Crippen LogP contribution is -2.23. The van der Waals surface area contributed by atoms with Crippen molar-refractivity contribution in [1.82, 2.24) is 15.1 Å². The van der Waals surface area contributed by atoms with Gasteiger partial charge in [-0.2, -0.15) is 5.10 Å². The molecule has 3 nitrogen and oxygen atoms in total. The van der Waals surface area contributed by atoms with Crippen LogP contribution in [0.1, 0.15) is 35.7 Å². The second kappa shape index (κ2) is 5.17. The van der Waals surface area contributed by atoms with Crippen molar-refractivity contribution in [1.29, 1.82) is 0 Å². The first-order valence-corrected chi connectivity index (χ1v) is 7.01. The van der Waals surface area contributed by atoms with Gasteiger partial charge in [-0.1, -0.05) is 29.8 Å². The second-order valence-corrected chi connectivity index (χ2v) is 5.55. The van der Waals surface area contributed by atoms with Crippen molar-refractivity contribution in [2.45, 2.75) is 32.4 Å². The number of hydrogen-bond donors (Lipinski definition) is 1. The van der Waals surface area contributed by atoms with E-state index >= 15 is 0 Å². The Morgan fingerprint density at radius 1 is 1.26 bits per heavy atom. The van der Waals surface area contributed by atoms with Gasteiger partial charge in [-0.15, -0.1) is 0 Å². The van der Waals surface area contributed by atoms with E-state index in [1.165, 1.54) is 29.7 Å². The maximum Gasteiger partial charge on any atom is 0.0518 e. The van der Waals surface area contributed by atoms with Gasteiger partial charge in [0.05, 0.1) is 5.69 Å². The van der Waals surface area contributed by atoms with Crippen LogP contribution in [0.4, 0.5) is 0 Å². The molecule has 1 N–H and O–H groups in total. The van der Waals surface area contributed by atoms with Crippen molar-refractivity contribution in [2.24, 2.45) is 13.0 Å². The molecule has 1 unspecified atom stereocenters. The molecular weight excluding hydrogens is 234 g/mol. The Bertz CT molecular complexity index is 537. The zero-order valence-electron chi connectivity index (χ0n) is 11.6. The van der Waals surface area contributed by atoms with Gasteiger partial charge in [0.15, 0.2) is 0 Å². The number of aryl methyl sites for hydroxylation is 2. The van der Waals surface area contributed by atoms with Crippen LogP contribution in [0.25, 0.3) is 0 Å². The molecule has 0 aliphatic heterocycles. The first kappa shape index (κ1) is 12.4. The molecule has 0 saturated heterocycles. The average Bonchev–Trinajstić information content (AvgIpc) is 3.16. The van der Waals surface area contributed by atoms with Crippen LogP contribution in [0.2, 0.25) is 0 Å². The quantitative estimate of drug-likeness (QED) is 0.890. The minimum atomic E-state index is 0.482. The summed E-state index contributed by atoms with van der Waals surface area (Å²) in [5.41, 5.74) is 3.97. The number of nitrogens with one attached hydrogen (secondary N) is 1. The van der Waals surface area contributed by atoms with Gasteiger partial charge in [0.2, 0.25) is 0 Å². The molecule has 1 heterocycles. The van der Waals surface area contributed by atoms with Crippen LogP contribution in [0, 0.1) is 12.8 Å². The van der Waals surface area contributed by atoms with Gasteiger partial charge in [-0.25, -0.2) is 0 Å². The Hall–Kier alpha value is -1.61. The molecule has 1 atom stereocenters.